The number of hydrogen-bond acceptors (Lipinski definition) is 7. The monoisotopic (exact) mass is 485 g/mol. The molecule has 1 saturated heterocycles. The lowest BCUT2D eigenvalue weighted by Crippen LogP contribution is -2.34. The van der Waals surface area contributed by atoms with Crippen LogP contribution < -0.4 is 4.74 Å². The number of aromatic nitrogens is 2. The van der Waals surface area contributed by atoms with Crippen LogP contribution in [0.4, 0.5) is 5.69 Å². The molecule has 2 unspecified atom stereocenters. The van der Waals surface area contributed by atoms with Crippen LogP contribution in [0.5, 0.6) is 5.75 Å². The SMILES string of the molecule is O=Cc1ccc(-c2ccc(OCC3COC(Cn4ccnc4)(c4ccc([N+](=O)[O-])cc4)O3)cc2)cc1. The van der Waals surface area contributed by atoms with Gasteiger partial charge in [-0.25, -0.2) is 4.98 Å². The van der Waals surface area contributed by atoms with Crippen molar-refractivity contribution in [3.05, 3.63) is 113 Å². The van der Waals surface area contributed by atoms with Gasteiger partial charge in [-0.1, -0.05) is 36.4 Å². The Morgan fingerprint density at radius 3 is 2.36 bits per heavy atom. The maximum Gasteiger partial charge on any atom is 0.269 e. The summed E-state index contributed by atoms with van der Waals surface area (Å²) in [4.78, 5) is 25.6. The maximum absolute atomic E-state index is 11.1. The molecule has 5 rings (SSSR count). The highest BCUT2D eigenvalue weighted by atomic mass is 16.8. The van der Waals surface area contributed by atoms with Crippen molar-refractivity contribution in [2.24, 2.45) is 0 Å². The zero-order chi connectivity index (χ0) is 25.0. The van der Waals surface area contributed by atoms with Crippen molar-refractivity contribution in [3.8, 4) is 16.9 Å². The number of rotatable bonds is 9. The Hall–Kier alpha value is -4.34. The lowest BCUT2D eigenvalue weighted by Gasteiger charge is -2.29. The normalized spacial score (nSPS) is 19.2. The van der Waals surface area contributed by atoms with E-state index in [1.165, 1.54) is 12.1 Å². The summed E-state index contributed by atoms with van der Waals surface area (Å²) in [5.74, 6) is -0.434. The second-order valence-electron chi connectivity index (χ2n) is 8.42. The lowest BCUT2D eigenvalue weighted by atomic mass is 10.0. The molecule has 0 bridgehead atoms. The summed E-state index contributed by atoms with van der Waals surface area (Å²) >= 11 is 0. The van der Waals surface area contributed by atoms with Crippen molar-refractivity contribution in [3.63, 3.8) is 0 Å². The van der Waals surface area contributed by atoms with Gasteiger partial charge in [0.25, 0.3) is 5.69 Å². The van der Waals surface area contributed by atoms with Crippen LogP contribution in [0.15, 0.2) is 91.5 Å². The predicted octanol–water partition coefficient (Wildman–Crippen LogP) is 4.62. The van der Waals surface area contributed by atoms with Crippen LogP contribution in [-0.2, 0) is 21.8 Å². The number of carbonyl (C=O) groups excluding carboxylic acids is 1. The number of non-ortho nitro benzene ring substituents is 1. The molecule has 1 aliphatic heterocycles. The van der Waals surface area contributed by atoms with E-state index in [2.05, 4.69) is 4.98 Å². The number of nitrogens with zero attached hydrogens (tertiary/aromatic N) is 3. The Morgan fingerprint density at radius 2 is 1.75 bits per heavy atom. The highest BCUT2D eigenvalue weighted by Crippen LogP contribution is 2.37. The molecule has 0 amide bonds. The molecule has 0 saturated carbocycles. The highest BCUT2D eigenvalue weighted by Gasteiger charge is 2.44. The summed E-state index contributed by atoms with van der Waals surface area (Å²) < 4.78 is 20.3. The first-order valence-corrected chi connectivity index (χ1v) is 11.4. The Kier molecular flexibility index (Phi) is 6.57. The van der Waals surface area contributed by atoms with E-state index in [-0.39, 0.29) is 18.4 Å². The first kappa shape index (κ1) is 23.4. The maximum atomic E-state index is 11.1. The van der Waals surface area contributed by atoms with Crippen molar-refractivity contribution in [1.29, 1.82) is 0 Å². The molecule has 0 aliphatic carbocycles. The summed E-state index contributed by atoms with van der Waals surface area (Å²) in [5.41, 5.74) is 3.33. The van der Waals surface area contributed by atoms with E-state index in [1.54, 1.807) is 43.0 Å². The number of nitro benzene ring substituents is 1. The molecule has 2 heterocycles. The van der Waals surface area contributed by atoms with E-state index in [9.17, 15) is 14.9 Å². The van der Waals surface area contributed by atoms with E-state index in [0.717, 1.165) is 17.4 Å². The van der Waals surface area contributed by atoms with Crippen molar-refractivity contribution >= 4 is 12.0 Å². The molecule has 3 aromatic carbocycles. The fraction of sp³-hybridized carbons (Fsp3) is 0.185. The van der Waals surface area contributed by atoms with Crippen LogP contribution in [0.2, 0.25) is 0 Å². The largest absolute Gasteiger partial charge is 0.491 e. The van der Waals surface area contributed by atoms with Crippen LogP contribution in [0.25, 0.3) is 11.1 Å². The fourth-order valence-electron chi connectivity index (χ4n) is 4.12. The predicted molar refractivity (Wildman–Crippen MR) is 131 cm³/mol. The van der Waals surface area contributed by atoms with Gasteiger partial charge in [0.05, 0.1) is 24.4 Å². The number of aldehydes is 1. The van der Waals surface area contributed by atoms with Crippen LogP contribution >= 0.6 is 0 Å². The molecule has 2 atom stereocenters. The molecule has 0 spiro atoms. The second kappa shape index (κ2) is 10.1. The molecule has 36 heavy (non-hydrogen) atoms. The van der Waals surface area contributed by atoms with Gasteiger partial charge >= 0.3 is 0 Å². The Balaban J connectivity index is 1.26. The van der Waals surface area contributed by atoms with Crippen LogP contribution in [0.3, 0.4) is 0 Å². The topological polar surface area (TPSA) is 106 Å². The minimum Gasteiger partial charge on any atom is -0.491 e. The zero-order valence-corrected chi connectivity index (χ0v) is 19.2. The quantitative estimate of drug-likeness (QED) is 0.193. The molecule has 9 heteroatoms. The van der Waals surface area contributed by atoms with E-state index in [0.29, 0.717) is 30.0 Å². The molecule has 1 fully saturated rings. The van der Waals surface area contributed by atoms with Crippen LogP contribution in [-0.4, -0.2) is 40.1 Å². The molecule has 0 N–H and O–H groups in total. The van der Waals surface area contributed by atoms with E-state index in [1.807, 2.05) is 41.0 Å². The van der Waals surface area contributed by atoms with Crippen molar-refractivity contribution < 1.29 is 23.9 Å². The minimum absolute atomic E-state index is 0.00228. The summed E-state index contributed by atoms with van der Waals surface area (Å²) in [6.07, 6.45) is 5.61. The summed E-state index contributed by atoms with van der Waals surface area (Å²) in [5, 5.41) is 11.1. The van der Waals surface area contributed by atoms with Gasteiger partial charge in [-0.15, -0.1) is 0 Å². The van der Waals surface area contributed by atoms with Crippen molar-refractivity contribution in [2.45, 2.75) is 18.4 Å². The van der Waals surface area contributed by atoms with Gasteiger partial charge in [-0.05, 0) is 35.4 Å². The van der Waals surface area contributed by atoms with E-state index < -0.39 is 10.7 Å². The third kappa shape index (κ3) is 5.02. The second-order valence-corrected chi connectivity index (χ2v) is 8.42. The first-order valence-electron chi connectivity index (χ1n) is 11.4. The number of carbonyl (C=O) groups is 1. The smallest absolute Gasteiger partial charge is 0.269 e. The highest BCUT2D eigenvalue weighted by molar-refractivity contribution is 5.77. The molecule has 4 aromatic rings. The van der Waals surface area contributed by atoms with Crippen molar-refractivity contribution in [1.82, 2.24) is 9.55 Å². The first-order chi connectivity index (χ1) is 17.5. The van der Waals surface area contributed by atoms with Crippen molar-refractivity contribution in [2.75, 3.05) is 13.2 Å². The van der Waals surface area contributed by atoms with Gasteiger partial charge in [-0.2, -0.15) is 0 Å². The third-order valence-corrected chi connectivity index (χ3v) is 6.00. The molecule has 1 aliphatic rings. The molecule has 9 nitrogen and oxygen atoms in total. The van der Waals surface area contributed by atoms with Gasteiger partial charge in [-0.3, -0.25) is 14.9 Å². The average molecular weight is 485 g/mol. The number of ether oxygens (including phenoxy) is 3. The molecular formula is C27H23N3O6. The summed E-state index contributed by atoms with van der Waals surface area (Å²) in [6.45, 7) is 0.901. The van der Waals surface area contributed by atoms with E-state index in [4.69, 9.17) is 14.2 Å². The molecule has 0 radical (unpaired) electrons. The summed E-state index contributed by atoms with van der Waals surface area (Å²) in [7, 11) is 0. The van der Waals surface area contributed by atoms with Gasteiger partial charge in [0.2, 0.25) is 5.79 Å². The number of hydrogen-bond donors (Lipinski definition) is 0. The van der Waals surface area contributed by atoms with Gasteiger partial charge in [0.1, 0.15) is 24.7 Å². The Morgan fingerprint density at radius 1 is 1.06 bits per heavy atom. The van der Waals surface area contributed by atoms with Gasteiger partial charge < -0.3 is 18.8 Å². The molecule has 1 aromatic heterocycles. The van der Waals surface area contributed by atoms with Crippen LogP contribution in [0.1, 0.15) is 15.9 Å². The van der Waals surface area contributed by atoms with Gasteiger partial charge in [0, 0.05) is 35.7 Å². The molecular weight excluding hydrogens is 462 g/mol. The third-order valence-electron chi connectivity index (χ3n) is 6.00. The number of nitro groups is 1. The molecule has 182 valence electrons. The van der Waals surface area contributed by atoms with Gasteiger partial charge in [0.15, 0.2) is 0 Å². The zero-order valence-electron chi connectivity index (χ0n) is 19.2. The number of benzene rings is 3. The number of imidazole rings is 1. The lowest BCUT2D eigenvalue weighted by molar-refractivity contribution is -0.384. The van der Waals surface area contributed by atoms with Crippen LogP contribution in [0, 0.1) is 10.1 Å². The minimum atomic E-state index is -1.12. The Bertz CT molecular complexity index is 1320. The van der Waals surface area contributed by atoms with E-state index >= 15 is 0 Å². The Labute approximate surface area is 207 Å². The fourth-order valence-corrected chi connectivity index (χ4v) is 4.12. The standard InChI is InChI=1S/C27H23N3O6/c31-15-20-1-3-21(4-2-20)22-5-11-25(12-6-22)34-16-26-17-35-27(36-26,18-29-14-13-28-19-29)23-7-9-24(10-8-23)30(32)33/h1-15,19,26H,16-18H2. The summed E-state index contributed by atoms with van der Waals surface area (Å²) in [6, 6.07) is 21.2. The average Bonchev–Trinajstić information content (AvgIpc) is 3.59.